The van der Waals surface area contributed by atoms with E-state index in [0.29, 0.717) is 11.3 Å². The number of nitrogens with one attached hydrogen (secondary N) is 1. The van der Waals surface area contributed by atoms with Crippen LogP contribution in [0.3, 0.4) is 0 Å². The van der Waals surface area contributed by atoms with E-state index in [2.05, 4.69) is 4.98 Å². The van der Waals surface area contributed by atoms with Gasteiger partial charge in [-0.1, -0.05) is 30.3 Å². The van der Waals surface area contributed by atoms with Crippen LogP contribution >= 0.6 is 0 Å². The average molecular weight is 298 g/mol. The van der Waals surface area contributed by atoms with Crippen molar-refractivity contribution in [1.29, 1.82) is 0 Å². The standard InChI is InChI=1S/C12H9NO3S.Cr/c14-17(15)16-11-7-3-5-9-8-4-1-2-6-10(8)13-12(9)11;/h1-7,13H,(H,14,15);/p-1. The van der Waals surface area contributed by atoms with Crippen LogP contribution in [0.25, 0.3) is 21.8 Å². The minimum atomic E-state index is -2.56. The van der Waals surface area contributed by atoms with E-state index in [9.17, 15) is 8.76 Å². The molecule has 0 saturated carbocycles. The third kappa shape index (κ3) is 2.16. The normalized spacial score (nSPS) is 12.3. The Balaban J connectivity index is 0.00000120. The quantitative estimate of drug-likeness (QED) is 0.739. The molecule has 0 aliphatic carbocycles. The van der Waals surface area contributed by atoms with Crippen LogP contribution in [0.1, 0.15) is 0 Å². The first-order valence-corrected chi connectivity index (χ1v) is 6.03. The van der Waals surface area contributed by atoms with Gasteiger partial charge in [0.15, 0.2) is 5.75 Å². The monoisotopic (exact) mass is 298 g/mol. The zero-order valence-electron chi connectivity index (χ0n) is 9.08. The number of hydrogen-bond donors (Lipinski definition) is 1. The van der Waals surface area contributed by atoms with Gasteiger partial charge in [0.05, 0.1) is 5.52 Å². The summed E-state index contributed by atoms with van der Waals surface area (Å²) in [6, 6.07) is 13.1. The summed E-state index contributed by atoms with van der Waals surface area (Å²) in [5.74, 6) is 0.312. The van der Waals surface area contributed by atoms with E-state index in [-0.39, 0.29) is 17.4 Å². The number of H-pyrrole nitrogens is 1. The number of hydrogen-bond acceptors (Lipinski definition) is 3. The average Bonchev–Trinajstić information content (AvgIpc) is 2.68. The van der Waals surface area contributed by atoms with Gasteiger partial charge < -0.3 is 13.7 Å². The fraction of sp³-hybridized carbons (Fsp3) is 0. The molecule has 0 bridgehead atoms. The molecular weight excluding hydrogens is 290 g/mol. The Morgan fingerprint density at radius 3 is 2.56 bits per heavy atom. The van der Waals surface area contributed by atoms with Crippen LogP contribution in [0, 0.1) is 0 Å². The van der Waals surface area contributed by atoms with Gasteiger partial charge in [0.2, 0.25) is 0 Å². The van der Waals surface area contributed by atoms with E-state index < -0.39 is 11.4 Å². The second-order valence-electron chi connectivity index (χ2n) is 3.64. The van der Waals surface area contributed by atoms with Crippen LogP contribution in [-0.4, -0.2) is 13.7 Å². The number of rotatable bonds is 2. The molecule has 4 nitrogen and oxygen atoms in total. The molecule has 1 unspecified atom stereocenters. The molecule has 0 spiro atoms. The first-order chi connectivity index (χ1) is 8.25. The first-order valence-electron chi connectivity index (χ1n) is 5.03. The summed E-state index contributed by atoms with van der Waals surface area (Å²) in [5, 5.41) is 1.99. The molecule has 0 aliphatic heterocycles. The molecule has 6 heteroatoms. The smallest absolute Gasteiger partial charge is 0.163 e. The van der Waals surface area contributed by atoms with Crippen molar-refractivity contribution in [1.82, 2.24) is 4.98 Å². The van der Waals surface area contributed by atoms with E-state index in [4.69, 9.17) is 4.18 Å². The molecule has 0 aliphatic rings. The summed E-state index contributed by atoms with van der Waals surface area (Å²) >= 11 is -2.56. The molecule has 1 N–H and O–H groups in total. The van der Waals surface area contributed by atoms with Crippen LogP contribution in [0.4, 0.5) is 0 Å². The Bertz CT molecular complexity index is 725. The molecule has 18 heavy (non-hydrogen) atoms. The van der Waals surface area contributed by atoms with Crippen molar-refractivity contribution in [3.05, 3.63) is 42.5 Å². The maximum atomic E-state index is 10.6. The van der Waals surface area contributed by atoms with E-state index in [1.54, 1.807) is 12.1 Å². The zero-order chi connectivity index (χ0) is 11.8. The molecule has 1 aromatic heterocycles. The molecule has 0 fully saturated rings. The van der Waals surface area contributed by atoms with Gasteiger partial charge >= 0.3 is 0 Å². The van der Waals surface area contributed by atoms with Crippen LogP contribution < -0.4 is 4.18 Å². The molecule has 0 amide bonds. The zero-order valence-corrected chi connectivity index (χ0v) is 11.2. The van der Waals surface area contributed by atoms with Crippen molar-refractivity contribution in [2.45, 2.75) is 0 Å². The third-order valence-electron chi connectivity index (χ3n) is 2.66. The van der Waals surface area contributed by atoms with Gasteiger partial charge in [-0.05, 0) is 12.1 Å². The Morgan fingerprint density at radius 2 is 1.78 bits per heavy atom. The van der Waals surface area contributed by atoms with Crippen molar-refractivity contribution in [3.8, 4) is 5.75 Å². The second-order valence-corrected chi connectivity index (χ2v) is 4.21. The number of benzene rings is 2. The Hall–Kier alpha value is -1.32. The molecule has 1 atom stereocenters. The van der Waals surface area contributed by atoms with Gasteiger partial charge in [0.25, 0.3) is 0 Å². The van der Waals surface area contributed by atoms with Gasteiger partial charge in [0.1, 0.15) is 11.4 Å². The Morgan fingerprint density at radius 1 is 1.06 bits per heavy atom. The van der Waals surface area contributed by atoms with E-state index >= 15 is 0 Å². The van der Waals surface area contributed by atoms with E-state index in [1.807, 2.05) is 30.3 Å². The Labute approximate surface area is 117 Å². The van der Waals surface area contributed by atoms with Gasteiger partial charge in [-0.15, -0.1) is 0 Å². The number of para-hydroxylation sites is 2. The van der Waals surface area contributed by atoms with Crippen molar-refractivity contribution >= 4 is 33.2 Å². The summed E-state index contributed by atoms with van der Waals surface area (Å²) in [6.07, 6.45) is 0. The van der Waals surface area contributed by atoms with Crippen LogP contribution in [-0.2, 0) is 28.7 Å². The fourth-order valence-corrected chi connectivity index (χ4v) is 2.27. The van der Waals surface area contributed by atoms with Crippen molar-refractivity contribution in [2.75, 3.05) is 0 Å². The SMILES string of the molecule is O=S([O-])Oc1cccc2c1[nH]c1ccccc12.[Cr]. The van der Waals surface area contributed by atoms with Gasteiger partial charge in [-0.3, -0.25) is 0 Å². The molecule has 3 rings (SSSR count). The first kappa shape index (κ1) is 13.1. The predicted molar refractivity (Wildman–Crippen MR) is 65.4 cm³/mol. The van der Waals surface area contributed by atoms with Gasteiger partial charge in [0, 0.05) is 33.7 Å². The van der Waals surface area contributed by atoms with E-state index in [0.717, 1.165) is 16.3 Å². The summed E-state index contributed by atoms with van der Waals surface area (Å²) in [5.41, 5.74) is 1.65. The van der Waals surface area contributed by atoms with Gasteiger partial charge in [-0.25, -0.2) is 4.21 Å². The summed E-state index contributed by atoms with van der Waals surface area (Å²) in [7, 11) is 0. The minimum Gasteiger partial charge on any atom is -0.740 e. The maximum absolute atomic E-state index is 10.6. The topological polar surface area (TPSA) is 65.2 Å². The van der Waals surface area contributed by atoms with Crippen LogP contribution in [0.15, 0.2) is 42.5 Å². The summed E-state index contributed by atoms with van der Waals surface area (Å²) < 4.78 is 25.9. The molecule has 92 valence electrons. The molecule has 1 heterocycles. The third-order valence-corrected chi connectivity index (χ3v) is 2.98. The summed E-state index contributed by atoms with van der Waals surface area (Å²) in [6.45, 7) is 0. The fourth-order valence-electron chi connectivity index (χ4n) is 1.99. The van der Waals surface area contributed by atoms with Crippen LogP contribution in [0.2, 0.25) is 0 Å². The number of fused-ring (bicyclic) bond motifs is 3. The number of aromatic nitrogens is 1. The minimum absolute atomic E-state index is 0. The largest absolute Gasteiger partial charge is 0.740 e. The van der Waals surface area contributed by atoms with Gasteiger partial charge in [-0.2, -0.15) is 0 Å². The van der Waals surface area contributed by atoms with Crippen LogP contribution in [0.5, 0.6) is 5.75 Å². The molecule has 3 aromatic rings. The Kier molecular flexibility index (Phi) is 3.74. The number of aromatic amines is 1. The molecule has 2 aromatic carbocycles. The maximum Gasteiger partial charge on any atom is 0.163 e. The van der Waals surface area contributed by atoms with Crippen molar-refractivity contribution in [2.24, 2.45) is 0 Å². The molecule has 0 radical (unpaired) electrons. The van der Waals surface area contributed by atoms with Crippen molar-refractivity contribution < 1.29 is 30.3 Å². The molecule has 0 saturated heterocycles. The second kappa shape index (κ2) is 5.13. The summed E-state index contributed by atoms with van der Waals surface area (Å²) in [4.78, 5) is 3.15. The van der Waals surface area contributed by atoms with Crippen molar-refractivity contribution in [3.63, 3.8) is 0 Å². The van der Waals surface area contributed by atoms with E-state index in [1.165, 1.54) is 0 Å². The molecular formula is C12H8CrNO3S-. The predicted octanol–water partition coefficient (Wildman–Crippen LogP) is 2.49.